The van der Waals surface area contributed by atoms with Crippen LogP contribution in [0.5, 0.6) is 5.75 Å². The molecule has 0 saturated carbocycles. The molecule has 0 spiro atoms. The zero-order chi connectivity index (χ0) is 22.9. The fraction of sp³-hybridized carbons (Fsp3) is 0.348. The molecule has 0 unspecified atom stereocenters. The van der Waals surface area contributed by atoms with Crippen LogP contribution in [0.25, 0.3) is 0 Å². The van der Waals surface area contributed by atoms with E-state index in [1.54, 1.807) is 18.2 Å². The highest BCUT2D eigenvalue weighted by molar-refractivity contribution is 7.99. The molecule has 2 aromatic carbocycles. The van der Waals surface area contributed by atoms with Gasteiger partial charge in [0.1, 0.15) is 11.6 Å². The van der Waals surface area contributed by atoms with Gasteiger partial charge in [0.05, 0.1) is 23.4 Å². The maximum atomic E-state index is 12.4. The Labute approximate surface area is 202 Å². The predicted molar refractivity (Wildman–Crippen MR) is 130 cm³/mol. The highest BCUT2D eigenvalue weighted by Gasteiger charge is 2.15. The molecule has 0 fully saturated rings. The molecular weight excluding hydrogens is 467 g/mol. The number of aromatic nitrogens is 3. The normalized spacial score (nSPS) is 11.9. The number of hydrogen-bond acceptors (Lipinski definition) is 5. The van der Waals surface area contributed by atoms with Gasteiger partial charge in [-0.3, -0.25) is 4.79 Å². The summed E-state index contributed by atoms with van der Waals surface area (Å²) in [4.78, 5) is 12.4. The Kier molecular flexibility index (Phi) is 9.26. The maximum absolute atomic E-state index is 12.4. The van der Waals surface area contributed by atoms with Crippen LogP contribution in [-0.4, -0.2) is 33.0 Å². The average molecular weight is 493 g/mol. The van der Waals surface area contributed by atoms with E-state index in [-0.39, 0.29) is 17.7 Å². The molecule has 32 heavy (non-hydrogen) atoms. The van der Waals surface area contributed by atoms with Gasteiger partial charge in [-0.1, -0.05) is 65.3 Å². The average Bonchev–Trinajstić information content (AvgIpc) is 3.18. The van der Waals surface area contributed by atoms with Crippen molar-refractivity contribution in [3.8, 4) is 5.75 Å². The van der Waals surface area contributed by atoms with Crippen molar-refractivity contribution in [2.45, 2.75) is 44.4 Å². The second-order valence-corrected chi connectivity index (χ2v) is 8.94. The van der Waals surface area contributed by atoms with E-state index in [1.165, 1.54) is 11.8 Å². The summed E-state index contributed by atoms with van der Waals surface area (Å²) in [7, 11) is 0. The minimum Gasteiger partial charge on any atom is -0.492 e. The topological polar surface area (TPSA) is 69.0 Å². The molecule has 0 saturated heterocycles. The van der Waals surface area contributed by atoms with Gasteiger partial charge in [-0.05, 0) is 44.0 Å². The molecule has 3 rings (SSSR count). The van der Waals surface area contributed by atoms with Gasteiger partial charge in [0, 0.05) is 18.0 Å². The Bertz CT molecular complexity index is 1030. The SMILES string of the molecule is CCn1c(CCCOc2ccc(Cl)cc2Cl)nnc1SCC(=O)N[C@H](C)c1ccccc1. The number of hydrogen-bond donors (Lipinski definition) is 1. The summed E-state index contributed by atoms with van der Waals surface area (Å²) >= 11 is 13.4. The van der Waals surface area contributed by atoms with Crippen LogP contribution in [-0.2, 0) is 17.8 Å². The lowest BCUT2D eigenvalue weighted by atomic mass is 10.1. The molecule has 3 aromatic rings. The molecule has 1 aromatic heterocycles. The van der Waals surface area contributed by atoms with E-state index < -0.39 is 0 Å². The Hall–Kier alpha value is -2.22. The molecular formula is C23H26Cl2N4O2S. The van der Waals surface area contributed by atoms with Crippen molar-refractivity contribution in [3.63, 3.8) is 0 Å². The van der Waals surface area contributed by atoms with Gasteiger partial charge in [0.2, 0.25) is 5.91 Å². The Morgan fingerprint density at radius 1 is 1.19 bits per heavy atom. The van der Waals surface area contributed by atoms with Crippen molar-refractivity contribution in [3.05, 3.63) is 70.0 Å². The van der Waals surface area contributed by atoms with Crippen molar-refractivity contribution in [2.75, 3.05) is 12.4 Å². The fourth-order valence-electron chi connectivity index (χ4n) is 3.17. The number of halogens is 2. The minimum atomic E-state index is -0.0435. The number of nitrogens with one attached hydrogen (secondary N) is 1. The van der Waals surface area contributed by atoms with E-state index in [0.717, 1.165) is 29.5 Å². The van der Waals surface area contributed by atoms with Gasteiger partial charge in [-0.2, -0.15) is 0 Å². The summed E-state index contributed by atoms with van der Waals surface area (Å²) in [6, 6.07) is 15.0. The molecule has 1 N–H and O–H groups in total. The van der Waals surface area contributed by atoms with E-state index in [0.29, 0.717) is 28.8 Å². The number of amides is 1. The monoisotopic (exact) mass is 492 g/mol. The molecule has 1 amide bonds. The third-order valence-electron chi connectivity index (χ3n) is 4.82. The molecule has 0 radical (unpaired) electrons. The van der Waals surface area contributed by atoms with Crippen LogP contribution >= 0.6 is 35.0 Å². The zero-order valence-corrected chi connectivity index (χ0v) is 20.4. The quantitative estimate of drug-likeness (QED) is 0.279. The van der Waals surface area contributed by atoms with E-state index in [9.17, 15) is 4.79 Å². The van der Waals surface area contributed by atoms with Gasteiger partial charge < -0.3 is 14.6 Å². The first kappa shape index (κ1) is 24.4. The van der Waals surface area contributed by atoms with E-state index in [1.807, 2.05) is 48.7 Å². The second-order valence-electron chi connectivity index (χ2n) is 7.16. The minimum absolute atomic E-state index is 0.0354. The number of carbonyl (C=O) groups is 1. The van der Waals surface area contributed by atoms with E-state index in [2.05, 4.69) is 15.5 Å². The van der Waals surface area contributed by atoms with Gasteiger partial charge in [0.15, 0.2) is 5.16 Å². The lowest BCUT2D eigenvalue weighted by Gasteiger charge is -2.14. The molecule has 1 heterocycles. The van der Waals surface area contributed by atoms with Crippen molar-refractivity contribution in [1.29, 1.82) is 0 Å². The van der Waals surface area contributed by atoms with Crippen LogP contribution < -0.4 is 10.1 Å². The van der Waals surface area contributed by atoms with Crippen LogP contribution in [0.15, 0.2) is 53.7 Å². The zero-order valence-electron chi connectivity index (χ0n) is 18.1. The van der Waals surface area contributed by atoms with Gasteiger partial charge in [-0.15, -0.1) is 10.2 Å². The molecule has 1 atom stereocenters. The number of rotatable bonds is 11. The summed E-state index contributed by atoms with van der Waals surface area (Å²) < 4.78 is 7.78. The number of thioether (sulfide) groups is 1. The Morgan fingerprint density at radius 3 is 2.69 bits per heavy atom. The number of nitrogens with zero attached hydrogens (tertiary/aromatic N) is 3. The highest BCUT2D eigenvalue weighted by Crippen LogP contribution is 2.27. The standard InChI is InChI=1S/C23H26Cl2N4O2S/c1-3-29-21(10-7-13-31-20-12-11-18(24)14-19(20)25)27-28-23(29)32-15-22(30)26-16(2)17-8-5-4-6-9-17/h4-6,8-9,11-12,14,16H,3,7,10,13,15H2,1-2H3,(H,26,30)/t16-/m1/s1. The first-order valence-corrected chi connectivity index (χ1v) is 12.2. The van der Waals surface area contributed by atoms with Crippen molar-refractivity contribution < 1.29 is 9.53 Å². The van der Waals surface area contributed by atoms with Crippen molar-refractivity contribution >= 4 is 40.9 Å². The summed E-state index contributed by atoms with van der Waals surface area (Å²) in [6.07, 6.45) is 1.47. The van der Waals surface area contributed by atoms with Crippen molar-refractivity contribution in [1.82, 2.24) is 20.1 Å². The summed E-state index contributed by atoms with van der Waals surface area (Å²) in [5, 5.41) is 13.4. The molecule has 6 nitrogen and oxygen atoms in total. The molecule has 0 bridgehead atoms. The molecule has 9 heteroatoms. The molecule has 170 valence electrons. The second kappa shape index (κ2) is 12.1. The summed E-state index contributed by atoms with van der Waals surface area (Å²) in [6.45, 7) is 5.25. The van der Waals surface area contributed by atoms with Crippen molar-refractivity contribution in [2.24, 2.45) is 0 Å². The number of carbonyl (C=O) groups excluding carboxylic acids is 1. The maximum Gasteiger partial charge on any atom is 0.230 e. The summed E-state index contributed by atoms with van der Waals surface area (Å²) in [5.41, 5.74) is 1.08. The third-order valence-corrected chi connectivity index (χ3v) is 6.31. The summed E-state index contributed by atoms with van der Waals surface area (Å²) in [5.74, 6) is 1.73. The molecule has 0 aliphatic rings. The Morgan fingerprint density at radius 2 is 1.97 bits per heavy atom. The van der Waals surface area contributed by atoms with Gasteiger partial charge in [0.25, 0.3) is 0 Å². The smallest absolute Gasteiger partial charge is 0.230 e. The number of aryl methyl sites for hydroxylation is 1. The van der Waals surface area contributed by atoms with E-state index >= 15 is 0 Å². The van der Waals surface area contributed by atoms with Crippen LogP contribution in [0.2, 0.25) is 10.0 Å². The fourth-order valence-corrected chi connectivity index (χ4v) is 4.47. The van der Waals surface area contributed by atoms with Crippen LogP contribution in [0.4, 0.5) is 0 Å². The lowest BCUT2D eigenvalue weighted by Crippen LogP contribution is -2.28. The van der Waals surface area contributed by atoms with Crippen LogP contribution in [0.1, 0.15) is 37.7 Å². The largest absolute Gasteiger partial charge is 0.492 e. The van der Waals surface area contributed by atoms with Crippen LogP contribution in [0, 0.1) is 0 Å². The van der Waals surface area contributed by atoms with Gasteiger partial charge >= 0.3 is 0 Å². The first-order valence-electron chi connectivity index (χ1n) is 10.4. The lowest BCUT2D eigenvalue weighted by molar-refractivity contribution is -0.119. The molecule has 0 aliphatic heterocycles. The van der Waals surface area contributed by atoms with Gasteiger partial charge in [-0.25, -0.2) is 0 Å². The third kappa shape index (κ3) is 6.89. The number of benzene rings is 2. The first-order chi connectivity index (χ1) is 15.5. The van der Waals surface area contributed by atoms with E-state index in [4.69, 9.17) is 27.9 Å². The molecule has 0 aliphatic carbocycles. The highest BCUT2D eigenvalue weighted by atomic mass is 35.5. The predicted octanol–water partition coefficient (Wildman–Crippen LogP) is 5.59. The Balaban J connectivity index is 1.47. The number of ether oxygens (including phenoxy) is 1. The van der Waals surface area contributed by atoms with Crippen LogP contribution in [0.3, 0.4) is 0 Å².